The number of benzene rings is 2. The van der Waals surface area contributed by atoms with Gasteiger partial charge in [0.1, 0.15) is 17.4 Å². The maximum atomic E-state index is 14.1. The van der Waals surface area contributed by atoms with Gasteiger partial charge in [0, 0.05) is 18.1 Å². The van der Waals surface area contributed by atoms with Gasteiger partial charge < -0.3 is 10.1 Å². The SMILES string of the molecule is Cc1cc(NC(=O)COc2ccc(F)c3c2C(=O)CC3C)n(-c2ccccc2)n1. The first-order valence-electron chi connectivity index (χ1n) is 9.34. The van der Waals surface area contributed by atoms with E-state index in [0.29, 0.717) is 11.4 Å². The monoisotopic (exact) mass is 393 g/mol. The van der Waals surface area contributed by atoms with Crippen LogP contribution in [0.25, 0.3) is 5.69 Å². The zero-order chi connectivity index (χ0) is 20.5. The number of ether oxygens (including phenoxy) is 1. The van der Waals surface area contributed by atoms with Gasteiger partial charge in [0.05, 0.1) is 16.9 Å². The Morgan fingerprint density at radius 2 is 2.03 bits per heavy atom. The summed E-state index contributed by atoms with van der Waals surface area (Å²) in [6.45, 7) is 3.33. The van der Waals surface area contributed by atoms with Crippen LogP contribution in [0.2, 0.25) is 0 Å². The lowest BCUT2D eigenvalue weighted by atomic mass is 10.0. The summed E-state index contributed by atoms with van der Waals surface area (Å²) in [5, 5.41) is 7.18. The first-order chi connectivity index (χ1) is 13.9. The Bertz CT molecular complexity index is 1090. The van der Waals surface area contributed by atoms with Gasteiger partial charge in [-0.3, -0.25) is 9.59 Å². The number of rotatable bonds is 5. The molecule has 0 saturated carbocycles. The third-order valence-electron chi connectivity index (χ3n) is 4.88. The summed E-state index contributed by atoms with van der Waals surface area (Å²) in [6, 6.07) is 13.9. The van der Waals surface area contributed by atoms with Crippen LogP contribution in [-0.4, -0.2) is 28.1 Å². The number of para-hydroxylation sites is 1. The summed E-state index contributed by atoms with van der Waals surface area (Å²) in [6.07, 6.45) is 0.244. The van der Waals surface area contributed by atoms with Crippen LogP contribution in [-0.2, 0) is 4.79 Å². The molecule has 1 heterocycles. The van der Waals surface area contributed by atoms with Gasteiger partial charge in [0.25, 0.3) is 5.91 Å². The molecule has 0 fully saturated rings. The molecule has 1 atom stereocenters. The molecule has 1 amide bonds. The second-order valence-electron chi connectivity index (χ2n) is 7.12. The molecular formula is C22H20FN3O3. The third-order valence-corrected chi connectivity index (χ3v) is 4.88. The Hall–Kier alpha value is -3.48. The number of carbonyl (C=O) groups excluding carboxylic acids is 2. The van der Waals surface area contributed by atoms with Crippen LogP contribution < -0.4 is 10.1 Å². The molecule has 148 valence electrons. The Labute approximate surface area is 167 Å². The van der Waals surface area contributed by atoms with E-state index < -0.39 is 11.7 Å². The van der Waals surface area contributed by atoms with Crippen LogP contribution in [0.1, 0.15) is 40.9 Å². The van der Waals surface area contributed by atoms with Crippen molar-refractivity contribution in [2.24, 2.45) is 0 Å². The lowest BCUT2D eigenvalue weighted by molar-refractivity contribution is -0.118. The van der Waals surface area contributed by atoms with Gasteiger partial charge in [-0.05, 0) is 37.1 Å². The molecule has 0 radical (unpaired) electrons. The fourth-order valence-electron chi connectivity index (χ4n) is 3.62. The number of carbonyl (C=O) groups is 2. The van der Waals surface area contributed by atoms with E-state index in [2.05, 4.69) is 10.4 Å². The summed E-state index contributed by atoms with van der Waals surface area (Å²) in [4.78, 5) is 24.7. The molecule has 6 nitrogen and oxygen atoms in total. The van der Waals surface area contributed by atoms with Crippen molar-refractivity contribution in [3.8, 4) is 11.4 Å². The Kier molecular flexibility index (Phi) is 4.88. The van der Waals surface area contributed by atoms with Crippen molar-refractivity contribution >= 4 is 17.5 Å². The summed E-state index contributed by atoms with van der Waals surface area (Å²) >= 11 is 0. The minimum absolute atomic E-state index is 0.166. The number of amides is 1. The van der Waals surface area contributed by atoms with Crippen LogP contribution in [0.3, 0.4) is 0 Å². The lowest BCUT2D eigenvalue weighted by Gasteiger charge is -2.12. The maximum absolute atomic E-state index is 14.1. The molecule has 7 heteroatoms. The second kappa shape index (κ2) is 7.50. The average molecular weight is 393 g/mol. The highest BCUT2D eigenvalue weighted by Gasteiger charge is 2.32. The highest BCUT2D eigenvalue weighted by atomic mass is 19.1. The molecule has 0 bridgehead atoms. The summed E-state index contributed by atoms with van der Waals surface area (Å²) in [5.74, 6) is -0.440. The Morgan fingerprint density at radius 3 is 2.79 bits per heavy atom. The Morgan fingerprint density at radius 1 is 1.28 bits per heavy atom. The lowest BCUT2D eigenvalue weighted by Crippen LogP contribution is -2.22. The summed E-state index contributed by atoms with van der Waals surface area (Å²) < 4.78 is 21.3. The van der Waals surface area contributed by atoms with Crippen molar-refractivity contribution in [2.75, 3.05) is 11.9 Å². The van der Waals surface area contributed by atoms with E-state index in [-0.39, 0.29) is 36.0 Å². The minimum Gasteiger partial charge on any atom is -0.483 e. The van der Waals surface area contributed by atoms with Crippen molar-refractivity contribution in [2.45, 2.75) is 26.2 Å². The van der Waals surface area contributed by atoms with E-state index in [1.54, 1.807) is 17.7 Å². The molecule has 3 aromatic rings. The normalized spacial score (nSPS) is 15.3. The number of Topliss-reactive ketones (excluding diaryl/α,β-unsaturated/α-hetero) is 1. The van der Waals surface area contributed by atoms with Gasteiger partial charge in [-0.15, -0.1) is 0 Å². The van der Waals surface area contributed by atoms with E-state index in [9.17, 15) is 14.0 Å². The summed E-state index contributed by atoms with van der Waals surface area (Å²) in [5.41, 5.74) is 2.18. The quantitative estimate of drug-likeness (QED) is 0.710. The van der Waals surface area contributed by atoms with Crippen molar-refractivity contribution in [3.63, 3.8) is 0 Å². The largest absolute Gasteiger partial charge is 0.483 e. The number of halogens is 1. The number of hydrogen-bond donors (Lipinski definition) is 1. The maximum Gasteiger partial charge on any atom is 0.263 e. The van der Waals surface area contributed by atoms with Crippen molar-refractivity contribution < 1.29 is 18.7 Å². The first kappa shape index (κ1) is 18.9. The number of anilines is 1. The van der Waals surface area contributed by atoms with Crippen LogP contribution in [0.5, 0.6) is 5.75 Å². The van der Waals surface area contributed by atoms with E-state index >= 15 is 0 Å². The zero-order valence-electron chi connectivity index (χ0n) is 16.1. The topological polar surface area (TPSA) is 73.2 Å². The van der Waals surface area contributed by atoms with Gasteiger partial charge in [-0.2, -0.15) is 5.10 Å². The van der Waals surface area contributed by atoms with Crippen molar-refractivity contribution in [3.05, 3.63) is 71.2 Å². The standard InChI is InChI=1S/C22H20FN3O3/c1-13-10-17(27)22-18(9-8-16(23)21(13)22)29-12-20(28)24-19-11-14(2)25-26(19)15-6-4-3-5-7-15/h3-9,11,13H,10,12H2,1-2H3,(H,24,28). The molecule has 1 unspecified atom stereocenters. The van der Waals surface area contributed by atoms with Gasteiger partial charge in [0.15, 0.2) is 12.4 Å². The molecule has 0 spiro atoms. The summed E-state index contributed by atoms with van der Waals surface area (Å²) in [7, 11) is 0. The van der Waals surface area contributed by atoms with Gasteiger partial charge in [-0.1, -0.05) is 25.1 Å². The second-order valence-corrected chi connectivity index (χ2v) is 7.12. The smallest absolute Gasteiger partial charge is 0.263 e. The molecular weight excluding hydrogens is 373 g/mol. The Balaban J connectivity index is 1.50. The predicted molar refractivity (Wildman–Crippen MR) is 106 cm³/mol. The number of fused-ring (bicyclic) bond motifs is 1. The molecule has 29 heavy (non-hydrogen) atoms. The molecule has 1 aliphatic carbocycles. The third kappa shape index (κ3) is 3.63. The number of nitrogens with one attached hydrogen (secondary N) is 1. The molecule has 1 aromatic heterocycles. The number of aromatic nitrogens is 2. The fourth-order valence-corrected chi connectivity index (χ4v) is 3.62. The van der Waals surface area contributed by atoms with E-state index in [0.717, 1.165) is 11.4 Å². The van der Waals surface area contributed by atoms with Gasteiger partial charge >= 0.3 is 0 Å². The van der Waals surface area contributed by atoms with Crippen LogP contribution in [0, 0.1) is 12.7 Å². The van der Waals surface area contributed by atoms with E-state index in [1.165, 1.54) is 12.1 Å². The number of hydrogen-bond acceptors (Lipinski definition) is 4. The molecule has 2 aromatic carbocycles. The van der Waals surface area contributed by atoms with E-state index in [1.807, 2.05) is 37.3 Å². The van der Waals surface area contributed by atoms with E-state index in [4.69, 9.17) is 4.74 Å². The van der Waals surface area contributed by atoms with Crippen LogP contribution >= 0.6 is 0 Å². The molecule has 0 aliphatic heterocycles. The molecule has 0 saturated heterocycles. The van der Waals surface area contributed by atoms with Crippen molar-refractivity contribution in [1.29, 1.82) is 0 Å². The molecule has 4 rings (SSSR count). The molecule has 1 N–H and O–H groups in total. The zero-order valence-corrected chi connectivity index (χ0v) is 16.1. The average Bonchev–Trinajstić information content (AvgIpc) is 3.21. The predicted octanol–water partition coefficient (Wildman–Crippen LogP) is 4.03. The number of ketones is 1. The molecule has 1 aliphatic rings. The first-order valence-corrected chi connectivity index (χ1v) is 9.34. The fraction of sp³-hybridized carbons (Fsp3) is 0.227. The van der Waals surface area contributed by atoms with Gasteiger partial charge in [-0.25, -0.2) is 9.07 Å². The van der Waals surface area contributed by atoms with Crippen molar-refractivity contribution in [1.82, 2.24) is 9.78 Å². The minimum atomic E-state index is -0.419. The van der Waals surface area contributed by atoms with Crippen LogP contribution in [0.15, 0.2) is 48.5 Å². The van der Waals surface area contributed by atoms with Crippen LogP contribution in [0.4, 0.5) is 10.2 Å². The highest BCUT2D eigenvalue weighted by molar-refractivity contribution is 6.04. The highest BCUT2D eigenvalue weighted by Crippen LogP contribution is 2.39. The van der Waals surface area contributed by atoms with Gasteiger partial charge in [0.2, 0.25) is 0 Å². The number of nitrogens with zero attached hydrogens (tertiary/aromatic N) is 2. The number of aryl methyl sites for hydroxylation is 1.